The van der Waals surface area contributed by atoms with E-state index in [1.807, 2.05) is 0 Å². The number of carboxylic acid groups (broad SMARTS) is 1. The Morgan fingerprint density at radius 1 is 0.591 bits per heavy atom. The van der Waals surface area contributed by atoms with Crippen LogP contribution in [0, 0.1) is 22.0 Å². The summed E-state index contributed by atoms with van der Waals surface area (Å²) in [5.74, 6) is -12.6. The summed E-state index contributed by atoms with van der Waals surface area (Å²) in [6.45, 7) is 10.5. The molecular formula is C58H95N19O16. The van der Waals surface area contributed by atoms with Gasteiger partial charge in [-0.1, -0.05) is 59.6 Å². The number of nitrogens with one attached hydrogen (secondary N) is 11. The summed E-state index contributed by atoms with van der Waals surface area (Å²) >= 11 is 0. The first-order chi connectivity index (χ1) is 43.8. The van der Waals surface area contributed by atoms with Gasteiger partial charge in [0.15, 0.2) is 5.96 Å². The van der Waals surface area contributed by atoms with Gasteiger partial charge in [0, 0.05) is 49.8 Å². The number of imidazole rings is 1. The predicted octanol–water partition coefficient (Wildman–Crippen LogP) is -4.26. The highest BCUT2D eigenvalue weighted by Crippen LogP contribution is 2.16. The van der Waals surface area contributed by atoms with Gasteiger partial charge >= 0.3 is 5.97 Å². The molecule has 0 spiro atoms. The maximum absolute atomic E-state index is 14.6. The average Bonchev–Trinajstić information content (AvgIpc) is 1.22. The van der Waals surface area contributed by atoms with Crippen LogP contribution in [0.15, 0.2) is 41.8 Å². The Labute approximate surface area is 538 Å². The molecule has 1 heterocycles. The molecule has 93 heavy (non-hydrogen) atoms. The van der Waals surface area contributed by atoms with Crippen molar-refractivity contribution >= 4 is 82.6 Å². The number of hydrogen-bond acceptors (Lipinski definition) is 19. The SMILES string of the molecule is CCCCC(NC(=O)C(C)NC(=O)C(CCC(=O)O)NC(=O)C(Cc1ccc([N+](=O)[O-])cc1)NC(=O)C(CC(C)C)NC(=O)C(NC(=O)C(CCCN=C(N)N)NC(=O)C(C)NC(=O)C(CCCCN)NC(=O)C(N)Cc1cnc[nH]1)C(C)C)C(=O)NC(CO)C(N)=O. The van der Waals surface area contributed by atoms with E-state index >= 15 is 0 Å². The number of aromatic amines is 1. The fourth-order valence-electron chi connectivity index (χ4n) is 9.08. The number of primary amides is 1. The van der Waals surface area contributed by atoms with Crippen LogP contribution in [0.5, 0.6) is 0 Å². The number of nitrogens with two attached hydrogens (primary N) is 5. The van der Waals surface area contributed by atoms with Gasteiger partial charge in [0.25, 0.3) is 5.69 Å². The fourth-order valence-corrected chi connectivity index (χ4v) is 9.08. The molecule has 2 rings (SSSR count). The second-order valence-electron chi connectivity index (χ2n) is 23.2. The maximum Gasteiger partial charge on any atom is 0.303 e. The Morgan fingerprint density at radius 3 is 1.55 bits per heavy atom. The number of nitro benzene ring substituents is 1. The molecule has 0 fully saturated rings. The number of non-ortho nitro benzene ring substituents is 1. The van der Waals surface area contributed by atoms with Gasteiger partial charge in [0.05, 0.1) is 23.9 Å². The lowest BCUT2D eigenvalue weighted by molar-refractivity contribution is -0.384. The number of rotatable bonds is 44. The van der Waals surface area contributed by atoms with Crippen LogP contribution in [0.4, 0.5) is 5.69 Å². The lowest BCUT2D eigenvalue weighted by Crippen LogP contribution is -2.61. The second-order valence-corrected chi connectivity index (χ2v) is 23.2. The maximum atomic E-state index is 14.6. The Morgan fingerprint density at radius 2 is 1.06 bits per heavy atom. The lowest BCUT2D eigenvalue weighted by atomic mass is 9.98. The van der Waals surface area contributed by atoms with E-state index in [0.717, 1.165) is 12.1 Å². The zero-order chi connectivity index (χ0) is 70.1. The van der Waals surface area contributed by atoms with Gasteiger partial charge in [-0.2, -0.15) is 0 Å². The van der Waals surface area contributed by atoms with Crippen molar-refractivity contribution in [2.75, 3.05) is 19.7 Å². The van der Waals surface area contributed by atoms with Crippen molar-refractivity contribution in [3.8, 4) is 0 Å². The summed E-state index contributed by atoms with van der Waals surface area (Å²) in [7, 11) is 0. The third-order valence-electron chi connectivity index (χ3n) is 14.4. The summed E-state index contributed by atoms with van der Waals surface area (Å²) in [4.78, 5) is 184. The van der Waals surface area contributed by atoms with E-state index in [-0.39, 0.29) is 68.2 Å². The first-order valence-corrected chi connectivity index (χ1v) is 30.7. The highest BCUT2D eigenvalue weighted by Gasteiger charge is 2.36. The van der Waals surface area contributed by atoms with Crippen LogP contribution in [0.3, 0.4) is 0 Å². The number of unbranched alkanes of at least 4 members (excludes halogenated alkanes) is 2. The molecule has 2 aromatic rings. The number of carbonyl (C=O) groups excluding carboxylic acids is 11. The number of aliphatic imine (C=N–C) groups is 1. The van der Waals surface area contributed by atoms with Crippen LogP contribution in [-0.4, -0.2) is 188 Å². The molecule has 1 aromatic carbocycles. The number of aliphatic hydroxyl groups excluding tert-OH is 1. The Hall–Kier alpha value is -9.38. The molecule has 0 aliphatic heterocycles. The molecule has 0 saturated heterocycles. The zero-order valence-electron chi connectivity index (χ0n) is 53.6. The molecule has 518 valence electrons. The predicted molar refractivity (Wildman–Crippen MR) is 338 cm³/mol. The van der Waals surface area contributed by atoms with E-state index in [2.05, 4.69) is 68.1 Å². The number of nitrogens with zero attached hydrogens (tertiary/aromatic N) is 3. The standard InChI is InChI=1S/C58H95N19O16/c1-8-9-13-38(53(87)75-44(28-78)47(61)81)69-48(82)33(7)68-52(86)41(20-21-45(79)80)72-56(90)43(25-34-16-18-36(19-17-34)77(92)93)73-55(89)42(24-30(2)3)74-57(91)46(31(4)5)76-54(88)40(15-12-23-65-58(62)63)70-49(83)32(6)67-51(85)39(14-10-11-22-59)71-50(84)37(60)26-35-27-64-29-66-35/h16-19,27,29-33,37-44,46,78H,8-15,20-26,28,59-60H2,1-7H3,(H2,61,81)(H,64,66)(H,67,85)(H,68,86)(H,69,82)(H,70,83)(H,71,84)(H,72,90)(H,73,89)(H,74,91)(H,75,87)(H,76,88)(H,79,80)(H4,62,63,65). The van der Waals surface area contributed by atoms with E-state index < -0.39 is 174 Å². The topological polar surface area (TPSA) is 580 Å². The molecule has 23 N–H and O–H groups in total. The van der Waals surface area contributed by atoms with Crippen LogP contribution >= 0.6 is 0 Å². The molecule has 0 radical (unpaired) electrons. The van der Waals surface area contributed by atoms with Gasteiger partial charge < -0.3 is 97.0 Å². The first-order valence-electron chi connectivity index (χ1n) is 30.7. The van der Waals surface area contributed by atoms with Crippen molar-refractivity contribution in [3.63, 3.8) is 0 Å². The van der Waals surface area contributed by atoms with Crippen molar-refractivity contribution in [2.24, 2.45) is 45.5 Å². The van der Waals surface area contributed by atoms with Gasteiger partial charge in [-0.15, -0.1) is 0 Å². The minimum atomic E-state index is -1.71. The number of carboxylic acids is 1. The van der Waals surface area contributed by atoms with Gasteiger partial charge in [-0.25, -0.2) is 4.98 Å². The second kappa shape index (κ2) is 41.2. The molecular weight excluding hydrogens is 1220 g/mol. The van der Waals surface area contributed by atoms with Crippen molar-refractivity contribution in [2.45, 2.75) is 198 Å². The normalized spacial score (nSPS) is 14.7. The summed E-state index contributed by atoms with van der Waals surface area (Å²) in [6.07, 6.45) is 3.38. The van der Waals surface area contributed by atoms with Crippen LogP contribution < -0.4 is 81.8 Å². The van der Waals surface area contributed by atoms with Crippen LogP contribution in [0.2, 0.25) is 0 Å². The van der Waals surface area contributed by atoms with Gasteiger partial charge in [-0.05, 0) is 89.2 Å². The van der Waals surface area contributed by atoms with Gasteiger partial charge in [0.2, 0.25) is 65.0 Å². The third-order valence-corrected chi connectivity index (χ3v) is 14.4. The summed E-state index contributed by atoms with van der Waals surface area (Å²) in [5, 5.41) is 56.0. The highest BCUT2D eigenvalue weighted by molar-refractivity contribution is 5.99. The molecule has 11 unspecified atom stereocenters. The average molecular weight is 1310 g/mol. The lowest BCUT2D eigenvalue weighted by Gasteiger charge is -2.29. The highest BCUT2D eigenvalue weighted by atomic mass is 16.6. The molecule has 0 aliphatic carbocycles. The minimum absolute atomic E-state index is 0.0109. The first kappa shape index (κ1) is 79.7. The summed E-state index contributed by atoms with van der Waals surface area (Å²) in [6, 6.07) is -10.5. The zero-order valence-corrected chi connectivity index (χ0v) is 53.6. The van der Waals surface area contributed by atoms with E-state index in [0.29, 0.717) is 37.9 Å². The number of aromatic nitrogens is 2. The number of hydrogen-bond donors (Lipinski definition) is 18. The summed E-state index contributed by atoms with van der Waals surface area (Å²) in [5.41, 5.74) is 28.6. The molecule has 0 saturated carbocycles. The molecule has 35 nitrogen and oxygen atoms in total. The minimum Gasteiger partial charge on any atom is -0.481 e. The Balaban J connectivity index is 2.48. The number of nitro groups is 1. The molecule has 1 aromatic heterocycles. The Bertz CT molecular complexity index is 2850. The quantitative estimate of drug-likeness (QED) is 0.00982. The Kier molecular flexibility index (Phi) is 35.3. The van der Waals surface area contributed by atoms with Crippen molar-refractivity contribution in [3.05, 3.63) is 58.2 Å². The van der Waals surface area contributed by atoms with Gasteiger partial charge in [0.1, 0.15) is 60.4 Å². The number of H-pyrrole nitrogens is 1. The van der Waals surface area contributed by atoms with Crippen LogP contribution in [0.25, 0.3) is 0 Å². The molecule has 35 heteroatoms. The van der Waals surface area contributed by atoms with E-state index in [1.165, 1.54) is 38.5 Å². The van der Waals surface area contributed by atoms with E-state index in [4.69, 9.17) is 28.7 Å². The monoisotopic (exact) mass is 1310 g/mol. The van der Waals surface area contributed by atoms with E-state index in [1.54, 1.807) is 34.6 Å². The van der Waals surface area contributed by atoms with Crippen LogP contribution in [0.1, 0.15) is 130 Å². The summed E-state index contributed by atoms with van der Waals surface area (Å²) < 4.78 is 0. The molecule has 11 atom stereocenters. The largest absolute Gasteiger partial charge is 0.481 e. The number of aliphatic hydroxyl groups is 1. The van der Waals surface area contributed by atoms with Gasteiger partial charge in [-0.3, -0.25) is 72.6 Å². The number of carbonyl (C=O) groups is 12. The van der Waals surface area contributed by atoms with Crippen molar-refractivity contribution in [1.82, 2.24) is 63.1 Å². The number of benzene rings is 1. The number of aliphatic carboxylic acids is 1. The third kappa shape index (κ3) is 29.6. The fraction of sp³-hybridized carbons (Fsp3) is 0.621. The van der Waals surface area contributed by atoms with Crippen molar-refractivity contribution in [1.29, 1.82) is 0 Å². The smallest absolute Gasteiger partial charge is 0.303 e. The molecule has 0 aliphatic rings. The molecule has 0 bridgehead atoms. The molecule has 11 amide bonds. The van der Waals surface area contributed by atoms with Crippen LogP contribution in [-0.2, 0) is 70.4 Å². The van der Waals surface area contributed by atoms with E-state index in [9.17, 15) is 77.9 Å². The van der Waals surface area contributed by atoms with Crippen molar-refractivity contribution < 1.29 is 72.7 Å². The number of guanidine groups is 1. The number of amides is 11.